The highest BCUT2D eigenvalue weighted by molar-refractivity contribution is 9.10. The highest BCUT2D eigenvalue weighted by Crippen LogP contribution is 2.33. The molecule has 1 heterocycles. The van der Waals surface area contributed by atoms with Gasteiger partial charge in [-0.25, -0.2) is 4.98 Å². The van der Waals surface area contributed by atoms with Gasteiger partial charge in [-0.05, 0) is 30.7 Å². The fraction of sp³-hybridized carbons (Fsp3) is 0.100. The molecule has 0 saturated carbocycles. The van der Waals surface area contributed by atoms with E-state index in [0.29, 0.717) is 11.4 Å². The van der Waals surface area contributed by atoms with Crippen molar-refractivity contribution in [2.45, 2.75) is 6.92 Å². The summed E-state index contributed by atoms with van der Waals surface area (Å²) in [6.07, 6.45) is 0. The lowest BCUT2D eigenvalue weighted by Crippen LogP contribution is -1.97. The zero-order valence-electron chi connectivity index (χ0n) is 13.9. The lowest BCUT2D eigenvalue weighted by molar-refractivity contribution is 0.397. The number of aryl methyl sites for hydroxylation is 1. The van der Waals surface area contributed by atoms with Crippen molar-refractivity contribution >= 4 is 15.9 Å². The van der Waals surface area contributed by atoms with Gasteiger partial charge in [0.1, 0.15) is 11.6 Å². The highest BCUT2D eigenvalue weighted by Gasteiger charge is 2.15. The third kappa shape index (κ3) is 3.87. The quantitative estimate of drug-likeness (QED) is 0.651. The molecule has 126 valence electrons. The molecule has 0 radical (unpaired) electrons. The van der Waals surface area contributed by atoms with Crippen LogP contribution in [0.3, 0.4) is 0 Å². The van der Waals surface area contributed by atoms with E-state index < -0.39 is 0 Å². The molecule has 0 amide bonds. The molecule has 3 aromatic rings. The summed E-state index contributed by atoms with van der Waals surface area (Å²) in [5, 5.41) is 9.57. The fourth-order valence-corrected chi connectivity index (χ4v) is 2.77. The van der Waals surface area contributed by atoms with Crippen molar-refractivity contribution < 1.29 is 10.2 Å². The van der Waals surface area contributed by atoms with Crippen molar-refractivity contribution in [1.82, 2.24) is 4.98 Å². The van der Waals surface area contributed by atoms with Crippen molar-refractivity contribution in [3.63, 3.8) is 0 Å². The normalized spacial score (nSPS) is 9.84. The second kappa shape index (κ2) is 7.93. The van der Waals surface area contributed by atoms with Crippen LogP contribution in [0.4, 0.5) is 0 Å². The summed E-state index contributed by atoms with van der Waals surface area (Å²) in [5.41, 5.74) is 5.15. The third-order valence-corrected chi connectivity index (χ3v) is 4.32. The smallest absolute Gasteiger partial charge is 0.232 e. The van der Waals surface area contributed by atoms with Gasteiger partial charge in [0, 0.05) is 15.6 Å². The maximum Gasteiger partial charge on any atom is 0.232 e. The van der Waals surface area contributed by atoms with Crippen molar-refractivity contribution in [2.75, 3.05) is 7.11 Å². The van der Waals surface area contributed by atoms with E-state index >= 15 is 0 Å². The highest BCUT2D eigenvalue weighted by atomic mass is 79.9. The Hall–Kier alpha value is -2.68. The number of hydrogen-bond acceptors (Lipinski definition) is 3. The fourth-order valence-electron chi connectivity index (χ4n) is 2.51. The number of rotatable bonds is 3. The number of halogens is 1. The predicted molar refractivity (Wildman–Crippen MR) is 102 cm³/mol. The van der Waals surface area contributed by atoms with Gasteiger partial charge in [-0.3, -0.25) is 0 Å². The molecule has 2 aromatic carbocycles. The van der Waals surface area contributed by atoms with Crippen LogP contribution in [0.1, 0.15) is 11.1 Å². The molecule has 2 N–H and O–H groups in total. The molecule has 0 spiro atoms. The Morgan fingerprint density at radius 2 is 1.60 bits per heavy atom. The molecular formula is C20H17BrN2O2. The minimum atomic E-state index is 0. The molecule has 0 unspecified atom stereocenters. The van der Waals surface area contributed by atoms with Gasteiger partial charge in [-0.2, -0.15) is 5.26 Å². The molecule has 0 atom stereocenters. The zero-order chi connectivity index (χ0) is 17.1. The first-order valence-electron chi connectivity index (χ1n) is 7.44. The second-order valence-corrected chi connectivity index (χ2v) is 6.34. The topological polar surface area (TPSA) is 77.4 Å². The third-order valence-electron chi connectivity index (χ3n) is 3.79. The van der Waals surface area contributed by atoms with Crippen LogP contribution in [-0.2, 0) is 0 Å². The Morgan fingerprint density at radius 1 is 1.00 bits per heavy atom. The van der Waals surface area contributed by atoms with Crippen molar-refractivity contribution in [2.24, 2.45) is 0 Å². The van der Waals surface area contributed by atoms with E-state index in [1.165, 1.54) is 12.7 Å². The van der Waals surface area contributed by atoms with Crippen LogP contribution in [0.5, 0.6) is 5.88 Å². The van der Waals surface area contributed by atoms with Crippen LogP contribution >= 0.6 is 15.9 Å². The van der Waals surface area contributed by atoms with E-state index in [1.54, 1.807) is 0 Å². The van der Waals surface area contributed by atoms with Gasteiger partial charge in [0.2, 0.25) is 5.88 Å². The van der Waals surface area contributed by atoms with E-state index in [1.807, 2.05) is 61.5 Å². The standard InChI is InChI=1S/C20H15BrN2O.H2O/c1-13-3-5-14(6-4-13)17-11-19(15-7-9-16(21)10-8-15)23-20(24-2)18(17)12-22;/h3-11H,1-2H3;1H2. The molecule has 3 rings (SSSR count). The summed E-state index contributed by atoms with van der Waals surface area (Å²) >= 11 is 3.44. The first kappa shape index (κ1) is 18.7. The van der Waals surface area contributed by atoms with Crippen LogP contribution < -0.4 is 4.74 Å². The Bertz CT molecular complexity index is 914. The molecule has 0 aliphatic carbocycles. The van der Waals surface area contributed by atoms with E-state index in [0.717, 1.165) is 26.9 Å². The van der Waals surface area contributed by atoms with Gasteiger partial charge in [0.05, 0.1) is 12.8 Å². The van der Waals surface area contributed by atoms with E-state index in [9.17, 15) is 5.26 Å². The maximum atomic E-state index is 9.57. The van der Waals surface area contributed by atoms with Crippen LogP contribution in [0.2, 0.25) is 0 Å². The maximum absolute atomic E-state index is 9.57. The number of pyridine rings is 1. The van der Waals surface area contributed by atoms with Crippen molar-refractivity contribution in [3.05, 3.63) is 70.2 Å². The molecule has 0 aliphatic rings. The van der Waals surface area contributed by atoms with Crippen molar-refractivity contribution in [1.29, 1.82) is 5.26 Å². The van der Waals surface area contributed by atoms with Gasteiger partial charge < -0.3 is 10.2 Å². The summed E-state index contributed by atoms with van der Waals surface area (Å²) in [7, 11) is 1.54. The molecule has 0 saturated heterocycles. The summed E-state index contributed by atoms with van der Waals surface area (Å²) in [4.78, 5) is 4.51. The number of benzene rings is 2. The van der Waals surface area contributed by atoms with Crippen LogP contribution in [0.15, 0.2) is 59.1 Å². The molecule has 0 aliphatic heterocycles. The molecule has 25 heavy (non-hydrogen) atoms. The number of methoxy groups -OCH3 is 1. The number of hydrogen-bond donors (Lipinski definition) is 0. The molecule has 0 fully saturated rings. The largest absolute Gasteiger partial charge is 0.480 e. The van der Waals surface area contributed by atoms with Gasteiger partial charge in [-0.15, -0.1) is 0 Å². The van der Waals surface area contributed by atoms with E-state index in [2.05, 4.69) is 27.0 Å². The molecular weight excluding hydrogens is 380 g/mol. The Morgan fingerprint density at radius 3 is 2.16 bits per heavy atom. The Labute approximate surface area is 155 Å². The van der Waals surface area contributed by atoms with Gasteiger partial charge in [0.15, 0.2) is 0 Å². The number of ether oxygens (including phenoxy) is 1. The summed E-state index contributed by atoms with van der Waals surface area (Å²) in [6, 6.07) is 20.1. The first-order chi connectivity index (χ1) is 11.6. The molecule has 4 nitrogen and oxygen atoms in total. The second-order valence-electron chi connectivity index (χ2n) is 5.42. The predicted octanol–water partition coefficient (Wildman–Crippen LogP) is 4.54. The van der Waals surface area contributed by atoms with Crippen LogP contribution in [-0.4, -0.2) is 17.6 Å². The number of nitriles is 1. The summed E-state index contributed by atoms with van der Waals surface area (Å²) in [5.74, 6) is 0.341. The average Bonchev–Trinajstić information content (AvgIpc) is 2.62. The number of nitrogens with zero attached hydrogens (tertiary/aromatic N) is 2. The van der Waals surface area contributed by atoms with E-state index in [4.69, 9.17) is 4.74 Å². The van der Waals surface area contributed by atoms with Crippen LogP contribution in [0, 0.1) is 18.3 Å². The van der Waals surface area contributed by atoms with Crippen LogP contribution in [0.25, 0.3) is 22.4 Å². The summed E-state index contributed by atoms with van der Waals surface area (Å²) < 4.78 is 6.37. The zero-order valence-corrected chi connectivity index (χ0v) is 15.5. The Kier molecular flexibility index (Phi) is 5.92. The molecule has 5 heteroatoms. The van der Waals surface area contributed by atoms with Gasteiger partial charge in [0.25, 0.3) is 0 Å². The van der Waals surface area contributed by atoms with Gasteiger partial charge >= 0.3 is 0 Å². The average molecular weight is 397 g/mol. The lowest BCUT2D eigenvalue weighted by atomic mass is 9.98. The van der Waals surface area contributed by atoms with E-state index in [-0.39, 0.29) is 5.48 Å². The minimum Gasteiger partial charge on any atom is -0.480 e. The minimum absolute atomic E-state index is 0. The first-order valence-corrected chi connectivity index (χ1v) is 8.24. The van der Waals surface area contributed by atoms with Gasteiger partial charge in [-0.1, -0.05) is 57.9 Å². The summed E-state index contributed by atoms with van der Waals surface area (Å²) in [6.45, 7) is 2.04. The molecule has 0 bridgehead atoms. The molecule has 1 aromatic heterocycles. The SMILES string of the molecule is COc1nc(-c2ccc(Br)cc2)cc(-c2ccc(C)cc2)c1C#N.O. The Balaban J connectivity index is 0.00000225. The lowest BCUT2D eigenvalue weighted by Gasteiger charge is -2.12. The number of aromatic nitrogens is 1. The van der Waals surface area contributed by atoms with Crippen molar-refractivity contribution in [3.8, 4) is 34.3 Å². The monoisotopic (exact) mass is 396 g/mol.